The van der Waals surface area contributed by atoms with Gasteiger partial charge >= 0.3 is 0 Å². The van der Waals surface area contributed by atoms with E-state index in [1.165, 1.54) is 5.56 Å². The van der Waals surface area contributed by atoms with Gasteiger partial charge in [-0.05, 0) is 54.1 Å². The molecule has 0 bridgehead atoms. The van der Waals surface area contributed by atoms with E-state index in [0.29, 0.717) is 12.5 Å². The Morgan fingerprint density at radius 2 is 1.94 bits per heavy atom. The van der Waals surface area contributed by atoms with Gasteiger partial charge in [0, 0.05) is 0 Å². The molecule has 0 aliphatic heterocycles. The lowest BCUT2D eigenvalue weighted by molar-refractivity contribution is 0.279. The van der Waals surface area contributed by atoms with Gasteiger partial charge in [0.1, 0.15) is 5.75 Å². The fourth-order valence-electron chi connectivity index (χ4n) is 2.04. The standard InChI is InChI=1S/C14H23NO2/c1-10(2)6-12-8-14(17-3)11(4-5-15)7-13(12)9-16/h7-8,10,16H,4-6,9,15H2,1-3H3. The van der Waals surface area contributed by atoms with E-state index in [1.807, 2.05) is 12.1 Å². The van der Waals surface area contributed by atoms with Gasteiger partial charge in [-0.25, -0.2) is 0 Å². The first kappa shape index (κ1) is 14.0. The number of hydrogen-bond donors (Lipinski definition) is 2. The van der Waals surface area contributed by atoms with Gasteiger partial charge in [-0.3, -0.25) is 0 Å². The van der Waals surface area contributed by atoms with Crippen molar-refractivity contribution in [1.82, 2.24) is 0 Å². The van der Waals surface area contributed by atoms with Crippen LogP contribution in [0, 0.1) is 5.92 Å². The van der Waals surface area contributed by atoms with Crippen molar-refractivity contribution < 1.29 is 9.84 Å². The molecule has 3 nitrogen and oxygen atoms in total. The second-order valence-corrected chi connectivity index (χ2v) is 4.73. The normalized spacial score (nSPS) is 10.9. The van der Waals surface area contributed by atoms with Crippen molar-refractivity contribution in [2.75, 3.05) is 13.7 Å². The zero-order valence-electron chi connectivity index (χ0n) is 11.0. The Morgan fingerprint density at radius 1 is 1.24 bits per heavy atom. The van der Waals surface area contributed by atoms with E-state index in [4.69, 9.17) is 10.5 Å². The lowest BCUT2D eigenvalue weighted by atomic mass is 9.95. The molecule has 96 valence electrons. The van der Waals surface area contributed by atoms with Gasteiger partial charge in [-0.1, -0.05) is 13.8 Å². The van der Waals surface area contributed by atoms with Crippen LogP contribution in [-0.4, -0.2) is 18.8 Å². The largest absolute Gasteiger partial charge is 0.496 e. The molecule has 3 heteroatoms. The van der Waals surface area contributed by atoms with E-state index in [1.54, 1.807) is 7.11 Å². The zero-order valence-corrected chi connectivity index (χ0v) is 11.0. The summed E-state index contributed by atoms with van der Waals surface area (Å²) in [6, 6.07) is 4.06. The van der Waals surface area contributed by atoms with Crippen molar-refractivity contribution >= 4 is 0 Å². The maximum absolute atomic E-state index is 9.42. The monoisotopic (exact) mass is 237 g/mol. The predicted molar refractivity (Wildman–Crippen MR) is 70.2 cm³/mol. The molecule has 0 saturated heterocycles. The van der Waals surface area contributed by atoms with Crippen molar-refractivity contribution in [3.05, 3.63) is 28.8 Å². The Labute approximate surface area is 104 Å². The number of ether oxygens (including phenoxy) is 1. The first-order valence-corrected chi connectivity index (χ1v) is 6.12. The summed E-state index contributed by atoms with van der Waals surface area (Å²) in [5, 5.41) is 9.42. The van der Waals surface area contributed by atoms with Gasteiger partial charge in [0.15, 0.2) is 0 Å². The molecule has 0 saturated carbocycles. The van der Waals surface area contributed by atoms with E-state index in [2.05, 4.69) is 13.8 Å². The lowest BCUT2D eigenvalue weighted by Gasteiger charge is -2.15. The molecule has 0 amide bonds. The van der Waals surface area contributed by atoms with Crippen LogP contribution in [0.3, 0.4) is 0 Å². The predicted octanol–water partition coefficient (Wildman–Crippen LogP) is 1.89. The molecule has 0 spiro atoms. The molecule has 1 rings (SSSR count). The number of benzene rings is 1. The first-order chi connectivity index (χ1) is 8.12. The van der Waals surface area contributed by atoms with Crippen LogP contribution in [-0.2, 0) is 19.4 Å². The summed E-state index contributed by atoms with van der Waals surface area (Å²) >= 11 is 0. The highest BCUT2D eigenvalue weighted by atomic mass is 16.5. The summed E-state index contributed by atoms with van der Waals surface area (Å²) in [6.07, 6.45) is 1.73. The Kier molecular flexibility index (Phi) is 5.45. The molecule has 17 heavy (non-hydrogen) atoms. The minimum atomic E-state index is 0.0730. The molecular formula is C14H23NO2. The summed E-state index contributed by atoms with van der Waals surface area (Å²) in [7, 11) is 1.67. The van der Waals surface area contributed by atoms with Crippen LogP contribution in [0.1, 0.15) is 30.5 Å². The van der Waals surface area contributed by atoms with Crippen LogP contribution in [0.2, 0.25) is 0 Å². The highest BCUT2D eigenvalue weighted by Gasteiger charge is 2.10. The van der Waals surface area contributed by atoms with Crippen LogP contribution < -0.4 is 10.5 Å². The average Bonchev–Trinajstić information content (AvgIpc) is 2.30. The van der Waals surface area contributed by atoms with Gasteiger partial charge in [0.25, 0.3) is 0 Å². The van der Waals surface area contributed by atoms with Crippen molar-refractivity contribution in [2.45, 2.75) is 33.3 Å². The SMILES string of the molecule is COc1cc(CC(C)C)c(CO)cc1CCN. The topological polar surface area (TPSA) is 55.5 Å². The van der Waals surface area contributed by atoms with Gasteiger partial charge < -0.3 is 15.6 Å². The van der Waals surface area contributed by atoms with Crippen LogP contribution >= 0.6 is 0 Å². The fraction of sp³-hybridized carbons (Fsp3) is 0.571. The third kappa shape index (κ3) is 3.72. The summed E-state index contributed by atoms with van der Waals surface area (Å²) in [5.74, 6) is 1.44. The molecule has 0 radical (unpaired) electrons. The molecule has 0 aliphatic carbocycles. The molecular weight excluding hydrogens is 214 g/mol. The molecule has 1 aromatic rings. The van der Waals surface area contributed by atoms with Crippen molar-refractivity contribution in [3.63, 3.8) is 0 Å². The van der Waals surface area contributed by atoms with Crippen molar-refractivity contribution in [1.29, 1.82) is 0 Å². The minimum Gasteiger partial charge on any atom is -0.496 e. The molecule has 0 atom stereocenters. The first-order valence-electron chi connectivity index (χ1n) is 6.12. The van der Waals surface area contributed by atoms with Crippen molar-refractivity contribution in [2.24, 2.45) is 11.7 Å². The second kappa shape index (κ2) is 6.62. The summed E-state index contributed by atoms with van der Waals surface area (Å²) < 4.78 is 5.38. The number of aliphatic hydroxyl groups excluding tert-OH is 1. The number of hydrogen-bond acceptors (Lipinski definition) is 3. The van der Waals surface area contributed by atoms with Gasteiger partial charge in [-0.15, -0.1) is 0 Å². The number of aliphatic hydroxyl groups is 1. The van der Waals surface area contributed by atoms with E-state index < -0.39 is 0 Å². The smallest absolute Gasteiger partial charge is 0.122 e. The average molecular weight is 237 g/mol. The second-order valence-electron chi connectivity index (χ2n) is 4.73. The highest BCUT2D eigenvalue weighted by molar-refractivity contribution is 5.43. The Balaban J connectivity index is 3.12. The lowest BCUT2D eigenvalue weighted by Crippen LogP contribution is -2.07. The quantitative estimate of drug-likeness (QED) is 0.794. The van der Waals surface area contributed by atoms with E-state index in [-0.39, 0.29) is 6.61 Å². The third-order valence-electron chi connectivity index (χ3n) is 2.81. The summed E-state index contributed by atoms with van der Waals surface area (Å²) in [6.45, 7) is 5.00. The molecule has 0 fully saturated rings. The molecule has 0 aromatic heterocycles. The Hall–Kier alpha value is -1.06. The van der Waals surface area contributed by atoms with Crippen LogP contribution in [0.4, 0.5) is 0 Å². The molecule has 0 heterocycles. The maximum Gasteiger partial charge on any atom is 0.122 e. The highest BCUT2D eigenvalue weighted by Crippen LogP contribution is 2.26. The van der Waals surface area contributed by atoms with Crippen molar-refractivity contribution in [3.8, 4) is 5.75 Å². The molecule has 3 N–H and O–H groups in total. The van der Waals surface area contributed by atoms with Gasteiger partial charge in [-0.2, -0.15) is 0 Å². The van der Waals surface area contributed by atoms with E-state index in [0.717, 1.165) is 29.7 Å². The minimum absolute atomic E-state index is 0.0730. The summed E-state index contributed by atoms with van der Waals surface area (Å²) in [4.78, 5) is 0. The van der Waals surface area contributed by atoms with Crippen LogP contribution in [0.5, 0.6) is 5.75 Å². The Morgan fingerprint density at radius 3 is 2.41 bits per heavy atom. The maximum atomic E-state index is 9.42. The van der Waals surface area contributed by atoms with Gasteiger partial charge in [0.05, 0.1) is 13.7 Å². The Bertz CT molecular complexity index is 361. The number of rotatable bonds is 6. The third-order valence-corrected chi connectivity index (χ3v) is 2.81. The molecule has 1 aromatic carbocycles. The fourth-order valence-corrected chi connectivity index (χ4v) is 2.04. The molecule has 0 aliphatic rings. The van der Waals surface area contributed by atoms with E-state index >= 15 is 0 Å². The van der Waals surface area contributed by atoms with Crippen LogP contribution in [0.25, 0.3) is 0 Å². The van der Waals surface area contributed by atoms with Gasteiger partial charge in [0.2, 0.25) is 0 Å². The van der Waals surface area contributed by atoms with E-state index in [9.17, 15) is 5.11 Å². The van der Waals surface area contributed by atoms with Crippen LogP contribution in [0.15, 0.2) is 12.1 Å². The number of methoxy groups -OCH3 is 1. The molecule has 0 unspecified atom stereocenters. The number of nitrogens with two attached hydrogens (primary N) is 1. The summed E-state index contributed by atoms with van der Waals surface area (Å²) in [5.41, 5.74) is 8.81. The zero-order chi connectivity index (χ0) is 12.8.